The number of sulfonamides is 1. The summed E-state index contributed by atoms with van der Waals surface area (Å²) in [7, 11) is -3.32. The number of carbonyl (C=O) groups excluding carboxylic acids is 1. The number of hydrogen-bond acceptors (Lipinski definition) is 6. The first-order chi connectivity index (χ1) is 8.03. The molecule has 1 N–H and O–H groups in total. The minimum atomic E-state index is -3.32. The van der Waals surface area contributed by atoms with E-state index in [1.54, 1.807) is 6.92 Å². The molecule has 1 fully saturated rings. The van der Waals surface area contributed by atoms with Crippen LogP contribution in [0.3, 0.4) is 0 Å². The molecule has 0 unspecified atom stereocenters. The number of anilines is 1. The van der Waals surface area contributed by atoms with Crippen LogP contribution in [-0.4, -0.2) is 31.2 Å². The van der Waals surface area contributed by atoms with Crippen LogP contribution < -0.4 is 4.72 Å². The Labute approximate surface area is 103 Å². The first kappa shape index (κ1) is 12.3. The summed E-state index contributed by atoms with van der Waals surface area (Å²) >= 11 is 1.07. The van der Waals surface area contributed by atoms with Crippen molar-refractivity contribution in [2.75, 3.05) is 11.3 Å². The van der Waals surface area contributed by atoms with Gasteiger partial charge < -0.3 is 4.74 Å². The van der Waals surface area contributed by atoms with Gasteiger partial charge in [0.05, 0.1) is 11.9 Å². The predicted octanol–water partition coefficient (Wildman–Crippen LogP) is 1.22. The Morgan fingerprint density at radius 1 is 1.65 bits per heavy atom. The molecule has 17 heavy (non-hydrogen) atoms. The molecule has 1 aromatic rings. The lowest BCUT2D eigenvalue weighted by atomic mass is 10.5. The number of esters is 1. The van der Waals surface area contributed by atoms with Crippen molar-refractivity contribution < 1.29 is 17.9 Å². The second-order valence-corrected chi connectivity index (χ2v) is 6.42. The Morgan fingerprint density at radius 3 is 2.94 bits per heavy atom. The number of hydrogen-bond donors (Lipinski definition) is 1. The van der Waals surface area contributed by atoms with Gasteiger partial charge in [-0.15, -0.1) is 11.3 Å². The van der Waals surface area contributed by atoms with Crippen LogP contribution in [-0.2, 0) is 14.8 Å². The molecule has 2 rings (SSSR count). The molecule has 0 amide bonds. The molecule has 0 bridgehead atoms. The molecule has 8 heteroatoms. The molecule has 1 heterocycles. The van der Waals surface area contributed by atoms with Crippen LogP contribution in [0.15, 0.2) is 5.38 Å². The molecule has 0 radical (unpaired) electrons. The van der Waals surface area contributed by atoms with E-state index in [4.69, 9.17) is 4.74 Å². The molecule has 1 aliphatic rings. The van der Waals surface area contributed by atoms with Gasteiger partial charge in [0.2, 0.25) is 10.0 Å². The molecule has 0 aliphatic heterocycles. The van der Waals surface area contributed by atoms with E-state index in [1.165, 1.54) is 5.38 Å². The van der Waals surface area contributed by atoms with E-state index in [9.17, 15) is 13.2 Å². The van der Waals surface area contributed by atoms with Gasteiger partial charge >= 0.3 is 5.97 Å². The fourth-order valence-corrected chi connectivity index (χ4v) is 3.48. The van der Waals surface area contributed by atoms with Gasteiger partial charge in [-0.1, -0.05) is 0 Å². The number of carbonyl (C=O) groups is 1. The van der Waals surface area contributed by atoms with Crippen LogP contribution in [0.25, 0.3) is 0 Å². The Hall–Kier alpha value is -1.15. The van der Waals surface area contributed by atoms with Crippen LogP contribution in [0.5, 0.6) is 0 Å². The maximum Gasteiger partial charge on any atom is 0.357 e. The highest BCUT2D eigenvalue weighted by atomic mass is 32.2. The van der Waals surface area contributed by atoms with E-state index in [2.05, 4.69) is 9.71 Å². The highest BCUT2D eigenvalue weighted by Gasteiger charge is 2.36. The molecular formula is C9H12N2O4S2. The van der Waals surface area contributed by atoms with Gasteiger partial charge in [0.25, 0.3) is 0 Å². The second kappa shape index (κ2) is 4.61. The largest absolute Gasteiger partial charge is 0.461 e. The Balaban J connectivity index is 2.05. The van der Waals surface area contributed by atoms with Gasteiger partial charge in [-0.25, -0.2) is 18.2 Å². The molecule has 1 aliphatic carbocycles. The smallest absolute Gasteiger partial charge is 0.357 e. The van der Waals surface area contributed by atoms with Gasteiger partial charge in [-0.2, -0.15) is 0 Å². The first-order valence-corrected chi connectivity index (χ1v) is 7.60. The Kier molecular flexibility index (Phi) is 3.34. The minimum Gasteiger partial charge on any atom is -0.461 e. The number of ether oxygens (including phenoxy) is 1. The zero-order valence-corrected chi connectivity index (χ0v) is 10.8. The predicted molar refractivity (Wildman–Crippen MR) is 63.6 cm³/mol. The normalized spacial score (nSPS) is 15.6. The number of aromatic nitrogens is 1. The summed E-state index contributed by atoms with van der Waals surface area (Å²) in [5.74, 6) is -0.541. The summed E-state index contributed by atoms with van der Waals surface area (Å²) in [6.45, 7) is 1.96. The molecule has 1 saturated carbocycles. The lowest BCUT2D eigenvalue weighted by Crippen LogP contribution is -2.17. The maximum absolute atomic E-state index is 11.6. The van der Waals surface area contributed by atoms with Gasteiger partial charge in [0.15, 0.2) is 10.8 Å². The minimum absolute atomic E-state index is 0.130. The molecule has 1 aromatic heterocycles. The van der Waals surface area contributed by atoms with E-state index >= 15 is 0 Å². The van der Waals surface area contributed by atoms with Crippen molar-refractivity contribution >= 4 is 32.5 Å². The summed E-state index contributed by atoms with van der Waals surface area (Å²) in [5, 5.41) is 1.38. The van der Waals surface area contributed by atoms with Crippen LogP contribution >= 0.6 is 11.3 Å². The SMILES string of the molecule is CCOC(=O)c1csc(NS(=O)(=O)C2CC2)n1. The average molecular weight is 276 g/mol. The van der Waals surface area contributed by atoms with Crippen molar-refractivity contribution in [2.24, 2.45) is 0 Å². The number of rotatable bonds is 5. The van der Waals surface area contributed by atoms with E-state index < -0.39 is 16.0 Å². The molecule has 0 spiro atoms. The van der Waals surface area contributed by atoms with Crippen molar-refractivity contribution in [3.8, 4) is 0 Å². The van der Waals surface area contributed by atoms with Crippen LogP contribution in [0, 0.1) is 0 Å². The van der Waals surface area contributed by atoms with Gasteiger partial charge in [0, 0.05) is 5.38 Å². The first-order valence-electron chi connectivity index (χ1n) is 5.17. The number of thiazole rings is 1. The molecule has 0 atom stereocenters. The molecule has 94 valence electrons. The standard InChI is InChI=1S/C9H12N2O4S2/c1-2-15-8(12)7-5-16-9(10-7)11-17(13,14)6-3-4-6/h5-6H,2-4H2,1H3,(H,10,11). The fourth-order valence-electron chi connectivity index (χ4n) is 1.20. The third kappa shape index (κ3) is 2.95. The third-order valence-corrected chi connectivity index (χ3v) is 4.90. The van der Waals surface area contributed by atoms with Gasteiger partial charge in [-0.05, 0) is 19.8 Å². The van der Waals surface area contributed by atoms with Crippen LogP contribution in [0.1, 0.15) is 30.3 Å². The van der Waals surface area contributed by atoms with E-state index in [-0.39, 0.29) is 22.7 Å². The monoisotopic (exact) mass is 276 g/mol. The zero-order valence-electron chi connectivity index (χ0n) is 9.17. The van der Waals surface area contributed by atoms with Crippen molar-refractivity contribution in [2.45, 2.75) is 25.0 Å². The highest BCUT2D eigenvalue weighted by molar-refractivity contribution is 7.93. The molecular weight excluding hydrogens is 264 g/mol. The van der Waals surface area contributed by atoms with Crippen LogP contribution in [0.2, 0.25) is 0 Å². The summed E-state index contributed by atoms with van der Waals surface area (Å²) in [6.07, 6.45) is 1.37. The van der Waals surface area contributed by atoms with E-state index in [1.807, 2.05) is 0 Å². The average Bonchev–Trinajstić information content (AvgIpc) is 3.01. The van der Waals surface area contributed by atoms with Crippen molar-refractivity contribution in [1.82, 2.24) is 4.98 Å². The van der Waals surface area contributed by atoms with Crippen molar-refractivity contribution in [3.05, 3.63) is 11.1 Å². The quantitative estimate of drug-likeness (QED) is 0.817. The Bertz CT molecular complexity index is 519. The van der Waals surface area contributed by atoms with Crippen molar-refractivity contribution in [3.63, 3.8) is 0 Å². The Morgan fingerprint density at radius 2 is 2.35 bits per heavy atom. The zero-order chi connectivity index (χ0) is 12.5. The number of nitrogens with zero attached hydrogens (tertiary/aromatic N) is 1. The van der Waals surface area contributed by atoms with Gasteiger partial charge in [-0.3, -0.25) is 4.72 Å². The van der Waals surface area contributed by atoms with E-state index in [0.717, 1.165) is 11.3 Å². The second-order valence-electron chi connectivity index (χ2n) is 3.60. The van der Waals surface area contributed by atoms with Crippen LogP contribution in [0.4, 0.5) is 5.13 Å². The topological polar surface area (TPSA) is 85.4 Å². The molecule has 6 nitrogen and oxygen atoms in total. The highest BCUT2D eigenvalue weighted by Crippen LogP contribution is 2.30. The summed E-state index contributed by atoms with van der Waals surface area (Å²) < 4.78 is 30.3. The summed E-state index contributed by atoms with van der Waals surface area (Å²) in [6, 6.07) is 0. The summed E-state index contributed by atoms with van der Waals surface area (Å²) in [4.78, 5) is 15.2. The maximum atomic E-state index is 11.6. The van der Waals surface area contributed by atoms with Gasteiger partial charge in [0.1, 0.15) is 0 Å². The molecule has 0 aromatic carbocycles. The number of nitrogens with one attached hydrogen (secondary N) is 1. The summed E-state index contributed by atoms with van der Waals surface area (Å²) in [5.41, 5.74) is 0.130. The third-order valence-electron chi connectivity index (χ3n) is 2.18. The van der Waals surface area contributed by atoms with Crippen molar-refractivity contribution in [1.29, 1.82) is 0 Å². The molecule has 0 saturated heterocycles. The van der Waals surface area contributed by atoms with E-state index in [0.29, 0.717) is 12.8 Å². The lowest BCUT2D eigenvalue weighted by Gasteiger charge is -2.01. The fraction of sp³-hybridized carbons (Fsp3) is 0.556. The lowest BCUT2D eigenvalue weighted by molar-refractivity contribution is 0.0520.